The first-order chi connectivity index (χ1) is 35.6. The monoisotopic (exact) mass is 1360 g/mol. The molecule has 75 heavy (non-hydrogen) atoms. The van der Waals surface area contributed by atoms with Crippen molar-refractivity contribution in [2.24, 2.45) is 23.7 Å². The SMILES string of the molecule is COC(=O)[C@H]1C[C@@H]1C(=O)c1ccc(OC2CC2)c(Cl)c1.Clc1cc(Br)ccc1OC1CC1.O=C(O)[C@H]1C[C@@H]1C(=O)c1ccc(OC2CC2)c(Cl)c1.Oc1ccc(Br)cc1Cl.[CH3][Sn]([CH3])([CH3])[c]1ccc(OC2CC2)c(Cl)c1. The standard InChI is InChI=1S/C15H15ClO4.C14H13ClO4.C9H8BrClO.C9H8ClO.C6H4BrClO.3CH3.Sn/c1-19-15(18)11-7-10(11)14(17)8-2-5-13(12(16)6-8)20-9-3-4-9;15-11-5-7(1-4-12(11)19-8-2-3-8)13(16)9-6-10(9)14(17)18;10-6-1-4-9(8(11)5-6)12-7-2-3-7;10-8-3-1-2-4-9(8)11-7-5-6-7;7-4-1-2-6(9)5(8)3-4;;;;/h2,5-6,9-11H,3-4,7H2,1H3;1,4-5,8-10H,2-3,6H2,(H,17,18);1,4-5,7H,2-3H2;2-4,7H,5-6H2;1-3,9H;3*1H3;/t10-,11-;9-,10-;;;;;;;/m00......./s1. The van der Waals surface area contributed by atoms with Gasteiger partial charge in [-0.05, 0) is 124 Å². The van der Waals surface area contributed by atoms with Gasteiger partial charge in [-0.1, -0.05) is 78.3 Å². The Morgan fingerprint density at radius 3 is 1.19 bits per heavy atom. The van der Waals surface area contributed by atoms with E-state index in [4.69, 9.17) is 87.2 Å². The third kappa shape index (κ3) is 18.6. The van der Waals surface area contributed by atoms with Gasteiger partial charge in [0, 0.05) is 31.9 Å². The molecule has 0 amide bonds. The van der Waals surface area contributed by atoms with Crippen LogP contribution in [0.2, 0.25) is 39.9 Å². The number of esters is 1. The number of ketones is 2. The van der Waals surface area contributed by atoms with Crippen molar-refractivity contribution in [3.8, 4) is 28.7 Å². The van der Waals surface area contributed by atoms with E-state index >= 15 is 0 Å². The molecule has 6 aliphatic carbocycles. The second-order valence-electron chi connectivity index (χ2n) is 20.1. The van der Waals surface area contributed by atoms with E-state index in [1.807, 2.05) is 24.3 Å². The Kier molecular flexibility index (Phi) is 20.9. The second kappa shape index (κ2) is 26.5. The predicted molar refractivity (Wildman–Crippen MR) is 303 cm³/mol. The Morgan fingerprint density at radius 2 is 0.853 bits per heavy atom. The van der Waals surface area contributed by atoms with E-state index in [0.29, 0.717) is 67.8 Å². The van der Waals surface area contributed by atoms with Gasteiger partial charge in [0.15, 0.2) is 11.6 Å². The molecule has 400 valence electrons. The van der Waals surface area contributed by atoms with Gasteiger partial charge in [0.05, 0.1) is 57.3 Å². The molecule has 2 N–H and O–H groups in total. The average Bonchev–Trinajstić information content (AvgIpc) is 4.14. The molecular weight excluding hydrogens is 1300 g/mol. The topological polar surface area (TPSA) is 155 Å². The van der Waals surface area contributed by atoms with Gasteiger partial charge in [0.1, 0.15) is 23.0 Å². The molecule has 0 heterocycles. The molecule has 6 saturated carbocycles. The molecule has 0 unspecified atom stereocenters. The summed E-state index contributed by atoms with van der Waals surface area (Å²) in [6.07, 6.45) is 11.2. The van der Waals surface area contributed by atoms with E-state index < -0.39 is 36.2 Å². The first kappa shape index (κ1) is 59.3. The number of methoxy groups -OCH3 is 1. The third-order valence-corrected chi connectivity index (χ3v) is 20.7. The third-order valence-electron chi connectivity index (χ3n) is 12.4. The van der Waals surface area contributed by atoms with Crippen LogP contribution in [0.15, 0.2) is 99.9 Å². The minimum absolute atomic E-state index is 0.0553. The first-order valence-corrected chi connectivity index (χ1v) is 38.1. The number of ether oxygens (including phenoxy) is 5. The molecule has 0 aromatic heterocycles. The summed E-state index contributed by atoms with van der Waals surface area (Å²) in [6.45, 7) is 0. The molecule has 6 aliphatic rings. The van der Waals surface area contributed by atoms with Gasteiger partial charge in [-0.3, -0.25) is 19.2 Å². The van der Waals surface area contributed by atoms with E-state index in [1.165, 1.54) is 29.6 Å². The number of rotatable bonds is 15. The molecule has 4 atom stereocenters. The first-order valence-electron chi connectivity index (χ1n) is 24.6. The Balaban J connectivity index is 0.000000140. The molecule has 11 nitrogen and oxygen atoms in total. The van der Waals surface area contributed by atoms with Crippen molar-refractivity contribution in [1.82, 2.24) is 0 Å². The maximum atomic E-state index is 12.2. The van der Waals surface area contributed by atoms with E-state index in [1.54, 1.807) is 48.5 Å². The number of hydrogen-bond acceptors (Lipinski definition) is 10. The molecule has 0 saturated heterocycles. The van der Waals surface area contributed by atoms with Gasteiger partial charge in [0.2, 0.25) is 0 Å². The van der Waals surface area contributed by atoms with Crippen LogP contribution in [0.25, 0.3) is 0 Å². The van der Waals surface area contributed by atoms with Crippen molar-refractivity contribution in [1.29, 1.82) is 0 Å². The number of halogens is 7. The van der Waals surface area contributed by atoms with Crippen molar-refractivity contribution in [2.45, 2.75) is 103 Å². The van der Waals surface area contributed by atoms with Crippen LogP contribution < -0.4 is 22.5 Å². The number of Topliss-reactive ketones (excluding diaryl/α,β-unsaturated/α-hetero) is 2. The fraction of sp³-hybridized carbons (Fsp3) is 0.393. The summed E-state index contributed by atoms with van der Waals surface area (Å²) in [5.41, 5.74) is 0.983. The number of hydrogen-bond donors (Lipinski definition) is 2. The Labute approximate surface area is 483 Å². The molecule has 5 aromatic carbocycles. The van der Waals surface area contributed by atoms with Gasteiger partial charge >= 0.3 is 113 Å². The fourth-order valence-corrected chi connectivity index (χ4v) is 12.8. The number of carboxylic acids is 1. The van der Waals surface area contributed by atoms with Crippen molar-refractivity contribution in [3.63, 3.8) is 0 Å². The number of phenols is 1. The van der Waals surface area contributed by atoms with Crippen LogP contribution in [0.3, 0.4) is 0 Å². The van der Waals surface area contributed by atoms with Crippen LogP contribution in [-0.4, -0.2) is 83.6 Å². The van der Waals surface area contributed by atoms with Crippen molar-refractivity contribution < 1.29 is 53.1 Å². The normalized spacial score (nSPS) is 19.8. The summed E-state index contributed by atoms with van der Waals surface area (Å²) < 4.78 is 30.4. The summed E-state index contributed by atoms with van der Waals surface area (Å²) in [5.74, 6) is 0.0478. The van der Waals surface area contributed by atoms with Crippen molar-refractivity contribution in [2.75, 3.05) is 7.11 Å². The van der Waals surface area contributed by atoms with E-state index in [0.717, 1.165) is 64.0 Å². The zero-order chi connectivity index (χ0) is 54.3. The molecule has 11 rings (SSSR count). The second-order valence-corrected chi connectivity index (χ2v) is 38.5. The van der Waals surface area contributed by atoms with Gasteiger partial charge < -0.3 is 29.2 Å². The minimum atomic E-state index is -1.96. The van der Waals surface area contributed by atoms with Crippen molar-refractivity contribution >= 4 is 135 Å². The number of benzene rings is 5. The molecule has 0 aliphatic heterocycles. The molecule has 0 radical (unpaired) electrons. The molecule has 5 aromatic rings. The molecule has 0 bridgehead atoms. The predicted octanol–water partition coefficient (Wildman–Crippen LogP) is 15.5. The van der Waals surface area contributed by atoms with Crippen LogP contribution in [0.5, 0.6) is 28.7 Å². The Hall–Kier alpha value is -3.41. The van der Waals surface area contributed by atoms with Crippen LogP contribution >= 0.6 is 89.9 Å². The van der Waals surface area contributed by atoms with Gasteiger partial charge in [0.25, 0.3) is 0 Å². The summed E-state index contributed by atoms with van der Waals surface area (Å²) in [4.78, 5) is 53.6. The Bertz CT molecular complexity index is 2890. The summed E-state index contributed by atoms with van der Waals surface area (Å²) >= 11 is 34.5. The van der Waals surface area contributed by atoms with Crippen LogP contribution in [0, 0.1) is 23.7 Å². The van der Waals surface area contributed by atoms with E-state index in [-0.39, 0.29) is 47.3 Å². The fourth-order valence-electron chi connectivity index (χ4n) is 7.16. The van der Waals surface area contributed by atoms with Crippen molar-refractivity contribution in [3.05, 3.63) is 136 Å². The Morgan fingerprint density at radius 1 is 0.493 bits per heavy atom. The number of aliphatic carboxylic acids is 1. The summed E-state index contributed by atoms with van der Waals surface area (Å²) in [5, 5.41) is 20.4. The van der Waals surface area contributed by atoms with Crippen LogP contribution in [0.1, 0.15) is 84.9 Å². The molecule has 6 fully saturated rings. The number of aromatic hydroxyl groups is 1. The van der Waals surface area contributed by atoms with Crippen LogP contribution in [0.4, 0.5) is 0 Å². The number of phenolic OH excluding ortho intramolecular Hbond substituents is 1. The van der Waals surface area contributed by atoms with E-state index in [2.05, 4.69) is 63.5 Å². The summed E-state index contributed by atoms with van der Waals surface area (Å²) in [7, 11) is 1.34. The van der Waals surface area contributed by atoms with Gasteiger partial charge in [-0.2, -0.15) is 0 Å². The van der Waals surface area contributed by atoms with E-state index in [9.17, 15) is 19.2 Å². The average molecular weight is 1360 g/mol. The van der Waals surface area contributed by atoms with Gasteiger partial charge in [-0.15, -0.1) is 0 Å². The zero-order valence-electron chi connectivity index (χ0n) is 41.6. The molecule has 0 spiro atoms. The molecular formula is C56H57Br2Cl5O11Sn. The van der Waals surface area contributed by atoms with Gasteiger partial charge in [-0.25, -0.2) is 0 Å². The number of carbonyl (C=O) groups excluding carboxylic acids is 3. The zero-order valence-corrected chi connectivity index (χ0v) is 51.4. The van der Waals surface area contributed by atoms with Crippen LogP contribution in [-0.2, 0) is 14.3 Å². The maximum absolute atomic E-state index is 12.2. The quantitative estimate of drug-likeness (QED) is 0.0585. The number of carboxylic acid groups (broad SMARTS) is 1. The molecule has 19 heteroatoms. The summed E-state index contributed by atoms with van der Waals surface area (Å²) in [6, 6.07) is 26.9. The number of carbonyl (C=O) groups is 4.